The fraction of sp³-hybridized carbons (Fsp3) is 0.0877. The van der Waals surface area contributed by atoms with Crippen LogP contribution < -0.4 is 31.8 Å². The van der Waals surface area contributed by atoms with Crippen LogP contribution in [0.2, 0.25) is 0 Å². The van der Waals surface area contributed by atoms with E-state index in [-0.39, 0.29) is 24.9 Å². The number of hydrogen-bond donors (Lipinski definition) is 0. The molecule has 8 heteroatoms. The van der Waals surface area contributed by atoms with E-state index in [0.717, 1.165) is 28.3 Å². The fourth-order valence-corrected chi connectivity index (χ4v) is 19.6. The number of benzene rings is 6. The minimum Gasteiger partial charge on any atom is -0.894 e. The summed E-state index contributed by atoms with van der Waals surface area (Å²) in [7, 11) is -1.66. The first kappa shape index (κ1) is 49.1. The molecule has 0 bridgehead atoms. The molecular formula is C57H50P3RhS4. The fourth-order valence-electron chi connectivity index (χ4n) is 7.75. The molecule has 0 fully saturated rings. The van der Waals surface area contributed by atoms with Gasteiger partial charge in [0.25, 0.3) is 0 Å². The number of hydrogen-bond acceptors (Lipinski definition) is 4. The molecule has 326 valence electrons. The Hall–Kier alpha value is -3.84. The largest absolute Gasteiger partial charge is 3.00 e. The van der Waals surface area contributed by atoms with Crippen molar-refractivity contribution in [1.82, 2.24) is 0 Å². The molecule has 0 N–H and O–H groups in total. The average molecular weight is 1060 g/mol. The molecule has 3 heterocycles. The Morgan fingerprint density at radius 1 is 0.462 bits per heavy atom. The summed E-state index contributed by atoms with van der Waals surface area (Å²) in [5.41, 5.74) is 0.0756. The molecule has 0 spiro atoms. The van der Waals surface area contributed by atoms with Gasteiger partial charge in [-0.3, -0.25) is 6.08 Å². The van der Waals surface area contributed by atoms with Crippen LogP contribution in [0.15, 0.2) is 230 Å². The van der Waals surface area contributed by atoms with E-state index in [2.05, 4.69) is 238 Å². The molecule has 6 aromatic carbocycles. The van der Waals surface area contributed by atoms with Crippen molar-refractivity contribution < 1.29 is 19.5 Å². The Morgan fingerprint density at radius 2 is 0.785 bits per heavy atom. The minimum atomic E-state index is -0.555. The number of allylic oxidation sites excluding steroid dienone is 1. The van der Waals surface area contributed by atoms with E-state index in [0.29, 0.717) is 0 Å². The normalized spacial score (nSPS) is 11.6. The van der Waals surface area contributed by atoms with E-state index in [1.54, 1.807) is 29.1 Å². The van der Waals surface area contributed by atoms with E-state index >= 15 is 0 Å². The van der Waals surface area contributed by atoms with Gasteiger partial charge in [-0.05, 0) is 109 Å². The van der Waals surface area contributed by atoms with Gasteiger partial charge in [0, 0.05) is 19.5 Å². The zero-order valence-corrected chi connectivity index (χ0v) is 43.7. The Kier molecular flexibility index (Phi) is 18.7. The molecule has 0 aliphatic carbocycles. The molecule has 0 nitrogen and oxygen atoms in total. The summed E-state index contributed by atoms with van der Waals surface area (Å²) in [5.74, 6) is 0. The van der Waals surface area contributed by atoms with Crippen LogP contribution in [-0.2, 0) is 32.1 Å². The van der Waals surface area contributed by atoms with Gasteiger partial charge >= 0.3 is 19.5 Å². The molecule has 0 aliphatic rings. The summed E-state index contributed by atoms with van der Waals surface area (Å²) in [5, 5.41) is 10.9. The molecule has 0 aliphatic heterocycles. The molecule has 9 aromatic rings. The maximum atomic E-state index is 5.34. The van der Waals surface area contributed by atoms with Crippen LogP contribution in [0.1, 0.15) is 11.8 Å². The van der Waals surface area contributed by atoms with Gasteiger partial charge in [0.15, 0.2) is 0 Å². The quantitative estimate of drug-likeness (QED) is 0.0402. The Morgan fingerprint density at radius 3 is 1.11 bits per heavy atom. The van der Waals surface area contributed by atoms with Gasteiger partial charge in [0.1, 0.15) is 0 Å². The van der Waals surface area contributed by atoms with E-state index < -0.39 is 23.8 Å². The molecule has 3 aromatic heterocycles. The second-order valence-corrected chi connectivity index (χ2v) is 25.8. The van der Waals surface area contributed by atoms with E-state index in [1.807, 2.05) is 17.4 Å². The second-order valence-electron chi connectivity index (χ2n) is 15.7. The van der Waals surface area contributed by atoms with E-state index in [1.165, 1.54) is 51.3 Å². The van der Waals surface area contributed by atoms with E-state index in [9.17, 15) is 0 Å². The van der Waals surface area contributed by atoms with Gasteiger partial charge in [-0.25, -0.2) is 0 Å². The van der Waals surface area contributed by atoms with Crippen molar-refractivity contribution in [2.75, 3.05) is 18.5 Å². The van der Waals surface area contributed by atoms with Gasteiger partial charge in [0.05, 0.1) is 0 Å². The first-order valence-corrected chi connectivity index (χ1v) is 28.8. The first-order chi connectivity index (χ1) is 31.5. The summed E-state index contributed by atoms with van der Waals surface area (Å²) in [4.78, 5) is 7.20. The summed E-state index contributed by atoms with van der Waals surface area (Å²) in [6, 6.07) is 80.6. The van der Waals surface area contributed by atoms with Crippen molar-refractivity contribution in [2.45, 2.75) is 6.92 Å². The zero-order chi connectivity index (χ0) is 44.0. The van der Waals surface area contributed by atoms with Crippen LogP contribution in [0.4, 0.5) is 0 Å². The smallest absolute Gasteiger partial charge is 0.894 e. The van der Waals surface area contributed by atoms with E-state index in [4.69, 9.17) is 12.6 Å². The molecular weight excluding hydrogens is 1010 g/mol. The van der Waals surface area contributed by atoms with Crippen molar-refractivity contribution in [1.29, 1.82) is 0 Å². The third kappa shape index (κ3) is 13.4. The van der Waals surface area contributed by atoms with Crippen LogP contribution in [-0.4, -0.2) is 18.5 Å². The predicted molar refractivity (Wildman–Crippen MR) is 296 cm³/mol. The van der Waals surface area contributed by atoms with Gasteiger partial charge in [0.2, 0.25) is 0 Å². The van der Waals surface area contributed by atoms with Crippen molar-refractivity contribution in [2.24, 2.45) is 5.41 Å². The van der Waals surface area contributed by atoms with Gasteiger partial charge < -0.3 is 30.9 Å². The minimum absolute atomic E-state index is 0. The summed E-state index contributed by atoms with van der Waals surface area (Å²) in [6.45, 7) is 6.30. The van der Waals surface area contributed by atoms with Crippen LogP contribution in [0.3, 0.4) is 0 Å². The standard InChI is InChI=1S/C41H39P3.C16H12S4.Rh/c1-41(32-42(35-20-8-2-9-21-35)36-22-10-3-11-23-36,33-43(37-24-12-4-13-25-37)38-26-14-5-15-27-38)34-44(39-28-16-6-17-29-39)40-30-18-7-19-31-40;1-2-4-11(17)12-6-7-15(19-12)16-9-8-14(20-16)13-5-3-10-18-13;/h2-31H,32-34H2,1H3;2-10,17H,1H2;/q;-2;+3/p-1/b;11-4-;. The average Bonchev–Trinajstić information content (AvgIpc) is 4.18. The van der Waals surface area contributed by atoms with Gasteiger partial charge in [-0.15, -0.1) is 22.7 Å². The summed E-state index contributed by atoms with van der Waals surface area (Å²) >= 11 is 10.7. The molecule has 0 radical (unpaired) electrons. The Balaban J connectivity index is 0.000000250. The number of thiophene rings is 3. The topological polar surface area (TPSA) is 0 Å². The first-order valence-electron chi connectivity index (χ1n) is 21.3. The van der Waals surface area contributed by atoms with Gasteiger partial charge in [-0.2, -0.15) is 11.3 Å². The monoisotopic (exact) mass is 1060 g/mol. The Bertz CT molecular complexity index is 2440. The summed E-state index contributed by atoms with van der Waals surface area (Å²) in [6.07, 6.45) is 7.05. The molecule has 65 heavy (non-hydrogen) atoms. The van der Waals surface area contributed by atoms with Gasteiger partial charge in [-0.1, -0.05) is 206 Å². The third-order valence-corrected chi connectivity index (χ3v) is 23.5. The molecule has 9 rings (SSSR count). The SMILES string of the molecule is CC(CP(c1ccccc1)c1ccccc1)(CP(c1ccccc1)c1ccccc1)CP(c1ccccc1)c1ccccc1.[CH2-][CH-]/C=C(\[S-])c1ccc(-c2ccc(-c3cccs3)s2)s1.[Rh+3]. The number of rotatable bonds is 16. The van der Waals surface area contributed by atoms with Crippen molar-refractivity contribution in [3.63, 3.8) is 0 Å². The zero-order valence-electron chi connectivity index (χ0n) is 36.2. The van der Waals surface area contributed by atoms with Crippen molar-refractivity contribution >= 4 is 107 Å². The molecule has 0 saturated carbocycles. The van der Waals surface area contributed by atoms with Crippen LogP contribution in [0.5, 0.6) is 0 Å². The van der Waals surface area contributed by atoms with Crippen LogP contribution in [0.25, 0.3) is 24.4 Å². The maximum Gasteiger partial charge on any atom is 3.00 e. The van der Waals surface area contributed by atoms with Crippen molar-refractivity contribution in [3.05, 3.63) is 248 Å². The third-order valence-electron chi connectivity index (χ3n) is 10.8. The molecule has 0 atom stereocenters. The summed E-state index contributed by atoms with van der Waals surface area (Å²) < 4.78 is 0. The molecule has 0 unspecified atom stereocenters. The second kappa shape index (κ2) is 24.8. The van der Waals surface area contributed by atoms with Crippen LogP contribution in [0, 0.1) is 18.8 Å². The maximum absolute atomic E-state index is 5.34. The molecule has 0 amide bonds. The van der Waals surface area contributed by atoms with Crippen molar-refractivity contribution in [3.8, 4) is 19.5 Å². The predicted octanol–water partition coefficient (Wildman–Crippen LogP) is 14.5. The molecule has 0 saturated heterocycles. The van der Waals surface area contributed by atoms with Crippen LogP contribution >= 0.6 is 57.8 Å². The Labute approximate surface area is 421 Å².